The molecule has 0 heterocycles. The highest BCUT2D eigenvalue weighted by molar-refractivity contribution is 5.91. The third kappa shape index (κ3) is 3.56. The summed E-state index contributed by atoms with van der Waals surface area (Å²) >= 11 is 0. The average Bonchev–Trinajstić information content (AvgIpc) is 3.00. The zero-order valence-electron chi connectivity index (χ0n) is 19.5. The molecular formula is C27H44O2. The molecule has 164 valence electrons. The first kappa shape index (κ1) is 21.6. The van der Waals surface area contributed by atoms with E-state index in [4.69, 9.17) is 0 Å². The van der Waals surface area contributed by atoms with Crippen molar-refractivity contribution in [2.45, 2.75) is 105 Å². The number of hydrogen-bond donors (Lipinski definition) is 1. The fourth-order valence-electron chi connectivity index (χ4n) is 8.55. The van der Waals surface area contributed by atoms with Crippen LogP contribution >= 0.6 is 0 Å². The summed E-state index contributed by atoms with van der Waals surface area (Å²) in [7, 11) is 0. The highest BCUT2D eigenvalue weighted by Gasteiger charge is 2.61. The van der Waals surface area contributed by atoms with Gasteiger partial charge in [0.15, 0.2) is 5.78 Å². The standard InChI is InChI=1S/C27H44O2/c1-17(2)7-6-8-18(3)21-9-10-22-25-23(12-14-27(21,22)5)26(4)13-11-20(28)15-19(26)16-24(25)29/h15,17-18,21-25,29H,6-14,16H2,1-5H3/t18?,21-,22+,23+,24-,25+,26+,27-/m1/s1. The fourth-order valence-corrected chi connectivity index (χ4v) is 8.55. The predicted octanol–water partition coefficient (Wildman–Crippen LogP) is 6.57. The Morgan fingerprint density at radius 2 is 1.83 bits per heavy atom. The minimum atomic E-state index is -0.246. The molecule has 0 bridgehead atoms. The molecule has 0 aliphatic heterocycles. The Bertz CT molecular complexity index is 663. The monoisotopic (exact) mass is 400 g/mol. The lowest BCUT2D eigenvalue weighted by molar-refractivity contribution is -0.124. The quantitative estimate of drug-likeness (QED) is 0.567. The maximum absolute atomic E-state index is 12.0. The van der Waals surface area contributed by atoms with Crippen LogP contribution in [0.5, 0.6) is 0 Å². The lowest BCUT2D eigenvalue weighted by Gasteiger charge is -2.60. The van der Waals surface area contributed by atoms with E-state index in [1.807, 2.05) is 6.08 Å². The third-order valence-corrected chi connectivity index (χ3v) is 10.2. The van der Waals surface area contributed by atoms with E-state index >= 15 is 0 Å². The van der Waals surface area contributed by atoms with Gasteiger partial charge in [-0.05, 0) is 90.9 Å². The smallest absolute Gasteiger partial charge is 0.155 e. The molecule has 2 heteroatoms. The van der Waals surface area contributed by atoms with Crippen molar-refractivity contribution >= 4 is 5.78 Å². The van der Waals surface area contributed by atoms with E-state index in [1.165, 1.54) is 50.5 Å². The van der Waals surface area contributed by atoms with E-state index in [9.17, 15) is 9.90 Å². The van der Waals surface area contributed by atoms with E-state index in [0.717, 1.165) is 30.6 Å². The Hall–Kier alpha value is -0.630. The van der Waals surface area contributed by atoms with E-state index < -0.39 is 0 Å². The van der Waals surface area contributed by atoms with Crippen LogP contribution in [0.2, 0.25) is 0 Å². The largest absolute Gasteiger partial charge is 0.392 e. The van der Waals surface area contributed by atoms with Crippen LogP contribution in [-0.2, 0) is 4.79 Å². The summed E-state index contributed by atoms with van der Waals surface area (Å²) in [6, 6.07) is 0. The molecule has 0 aromatic rings. The SMILES string of the molecule is CC(C)CCCC(C)[C@H]1CC[C@H]2[C@@H]3[C@H](O)CC4=CC(=O)CC[C@]4(C)[C@H]3CC[C@]12C. The Labute approximate surface area is 178 Å². The third-order valence-electron chi connectivity index (χ3n) is 10.2. The van der Waals surface area contributed by atoms with Crippen LogP contribution in [0.4, 0.5) is 0 Å². The van der Waals surface area contributed by atoms with Gasteiger partial charge in [-0.2, -0.15) is 0 Å². The van der Waals surface area contributed by atoms with Gasteiger partial charge in [-0.15, -0.1) is 0 Å². The molecule has 0 saturated heterocycles. The molecule has 0 amide bonds. The van der Waals surface area contributed by atoms with Crippen LogP contribution in [0.25, 0.3) is 0 Å². The van der Waals surface area contributed by atoms with E-state index in [1.54, 1.807) is 0 Å². The van der Waals surface area contributed by atoms with Gasteiger partial charge >= 0.3 is 0 Å². The first-order chi connectivity index (χ1) is 13.7. The molecule has 4 rings (SSSR count). The van der Waals surface area contributed by atoms with Gasteiger partial charge in [-0.25, -0.2) is 0 Å². The predicted molar refractivity (Wildman–Crippen MR) is 119 cm³/mol. The molecule has 3 fully saturated rings. The topological polar surface area (TPSA) is 37.3 Å². The molecule has 0 aromatic heterocycles. The highest BCUT2D eigenvalue weighted by atomic mass is 16.3. The van der Waals surface area contributed by atoms with Gasteiger partial charge in [0.1, 0.15) is 0 Å². The van der Waals surface area contributed by atoms with Gasteiger partial charge in [-0.3, -0.25) is 4.79 Å². The fraction of sp³-hybridized carbons (Fsp3) is 0.889. The second kappa shape index (κ2) is 7.81. The number of aliphatic hydroxyl groups excluding tert-OH is 1. The van der Waals surface area contributed by atoms with Crippen molar-refractivity contribution < 1.29 is 9.90 Å². The summed E-state index contributed by atoms with van der Waals surface area (Å²) in [6.07, 6.45) is 13.4. The molecule has 0 aromatic carbocycles. The highest BCUT2D eigenvalue weighted by Crippen LogP contribution is 2.67. The summed E-state index contributed by atoms with van der Waals surface area (Å²) < 4.78 is 0. The maximum atomic E-state index is 12.0. The van der Waals surface area contributed by atoms with Gasteiger partial charge in [-0.1, -0.05) is 59.5 Å². The maximum Gasteiger partial charge on any atom is 0.155 e. The van der Waals surface area contributed by atoms with Crippen molar-refractivity contribution in [3.63, 3.8) is 0 Å². The molecule has 1 N–H and O–H groups in total. The zero-order valence-corrected chi connectivity index (χ0v) is 19.5. The molecular weight excluding hydrogens is 356 g/mol. The minimum absolute atomic E-state index is 0.153. The van der Waals surface area contributed by atoms with Crippen molar-refractivity contribution in [3.8, 4) is 0 Å². The summed E-state index contributed by atoms with van der Waals surface area (Å²) in [5.74, 6) is 4.40. The van der Waals surface area contributed by atoms with Crippen LogP contribution in [0, 0.1) is 46.3 Å². The lowest BCUT2D eigenvalue weighted by atomic mass is 9.45. The summed E-state index contributed by atoms with van der Waals surface area (Å²) in [6.45, 7) is 12.2. The number of aliphatic hydroxyl groups is 1. The molecule has 0 spiro atoms. The normalized spacial score (nSPS) is 45.4. The van der Waals surface area contributed by atoms with Gasteiger partial charge in [0, 0.05) is 6.42 Å². The molecule has 0 radical (unpaired) electrons. The Morgan fingerprint density at radius 3 is 2.55 bits per heavy atom. The summed E-state index contributed by atoms with van der Waals surface area (Å²) in [5.41, 5.74) is 1.82. The zero-order chi connectivity index (χ0) is 21.0. The van der Waals surface area contributed by atoms with Gasteiger partial charge in [0.2, 0.25) is 0 Å². The van der Waals surface area contributed by atoms with Crippen LogP contribution in [0.3, 0.4) is 0 Å². The summed E-state index contributed by atoms with van der Waals surface area (Å²) in [5, 5.41) is 11.3. The van der Waals surface area contributed by atoms with Crippen LogP contribution in [0.15, 0.2) is 11.6 Å². The molecule has 29 heavy (non-hydrogen) atoms. The Morgan fingerprint density at radius 1 is 1.07 bits per heavy atom. The Kier molecular flexibility index (Phi) is 5.82. The van der Waals surface area contributed by atoms with Crippen molar-refractivity contribution in [3.05, 3.63) is 11.6 Å². The van der Waals surface area contributed by atoms with Gasteiger partial charge in [0.25, 0.3) is 0 Å². The number of rotatable bonds is 5. The first-order valence-corrected chi connectivity index (χ1v) is 12.6. The van der Waals surface area contributed by atoms with Gasteiger partial charge < -0.3 is 5.11 Å². The van der Waals surface area contributed by atoms with Crippen molar-refractivity contribution in [2.75, 3.05) is 0 Å². The average molecular weight is 401 g/mol. The minimum Gasteiger partial charge on any atom is -0.392 e. The molecule has 2 nitrogen and oxygen atoms in total. The number of carbonyl (C=O) groups is 1. The second-order valence-corrected chi connectivity index (χ2v) is 12.1. The molecule has 4 aliphatic carbocycles. The van der Waals surface area contributed by atoms with E-state index in [-0.39, 0.29) is 17.3 Å². The second-order valence-electron chi connectivity index (χ2n) is 12.1. The number of carbonyl (C=O) groups excluding carboxylic acids is 1. The molecule has 1 unspecified atom stereocenters. The molecule has 3 saturated carbocycles. The van der Waals surface area contributed by atoms with Crippen molar-refractivity contribution in [2.24, 2.45) is 46.3 Å². The summed E-state index contributed by atoms with van der Waals surface area (Å²) in [4.78, 5) is 12.0. The van der Waals surface area contributed by atoms with E-state index in [0.29, 0.717) is 29.6 Å². The van der Waals surface area contributed by atoms with Crippen LogP contribution in [0.1, 0.15) is 98.8 Å². The number of ketones is 1. The van der Waals surface area contributed by atoms with Crippen LogP contribution < -0.4 is 0 Å². The van der Waals surface area contributed by atoms with E-state index in [2.05, 4.69) is 34.6 Å². The van der Waals surface area contributed by atoms with Crippen molar-refractivity contribution in [1.29, 1.82) is 0 Å². The van der Waals surface area contributed by atoms with Crippen LogP contribution in [-0.4, -0.2) is 17.0 Å². The Balaban J connectivity index is 1.54. The molecule has 8 atom stereocenters. The number of hydrogen-bond acceptors (Lipinski definition) is 2. The molecule has 4 aliphatic rings. The van der Waals surface area contributed by atoms with Crippen molar-refractivity contribution in [1.82, 2.24) is 0 Å². The van der Waals surface area contributed by atoms with Gasteiger partial charge in [0.05, 0.1) is 6.10 Å². The first-order valence-electron chi connectivity index (χ1n) is 12.6. The lowest BCUT2D eigenvalue weighted by Crippen LogP contribution is -2.55. The number of fused-ring (bicyclic) bond motifs is 5.